The van der Waals surface area contributed by atoms with Gasteiger partial charge in [0.1, 0.15) is 9.84 Å². The molecule has 0 atom stereocenters. The van der Waals surface area contributed by atoms with Crippen molar-refractivity contribution in [3.63, 3.8) is 0 Å². The Hall–Kier alpha value is -0.580. The van der Waals surface area contributed by atoms with E-state index in [9.17, 15) is 13.2 Å². The molecule has 0 aromatic carbocycles. The Labute approximate surface area is 78.4 Å². The molecule has 0 heterocycles. The molecule has 0 saturated heterocycles. The van der Waals surface area contributed by atoms with Gasteiger partial charge in [-0.2, -0.15) is 0 Å². The Morgan fingerprint density at radius 3 is 2.15 bits per heavy atom. The Balaban J connectivity index is 2.86. The first-order valence-corrected chi connectivity index (χ1v) is 6.39. The topological polar surface area (TPSA) is 77.2 Å². The van der Waals surface area contributed by atoms with E-state index in [1.807, 2.05) is 0 Å². The van der Waals surface area contributed by atoms with Crippen LogP contribution in [0.4, 0.5) is 0 Å². The smallest absolute Gasteiger partial charge is 0.224 e. The van der Waals surface area contributed by atoms with Gasteiger partial charge >= 0.3 is 0 Å². The van der Waals surface area contributed by atoms with E-state index in [1.54, 1.807) is 0 Å². The molecule has 2 N–H and O–H groups in total. The first kappa shape index (κ1) is 10.5. The lowest BCUT2D eigenvalue weighted by atomic mass is 9.88. The third-order valence-electron chi connectivity index (χ3n) is 2.62. The second-order valence-corrected chi connectivity index (χ2v) is 6.06. The molecule has 0 radical (unpaired) electrons. The van der Waals surface area contributed by atoms with E-state index in [0.717, 1.165) is 19.1 Å². The van der Waals surface area contributed by atoms with Gasteiger partial charge in [-0.1, -0.05) is 12.8 Å². The Bertz CT molecular complexity index is 301. The summed E-state index contributed by atoms with van der Waals surface area (Å²) in [5, 5.41) is 0. The van der Waals surface area contributed by atoms with Crippen molar-refractivity contribution < 1.29 is 13.2 Å². The predicted octanol–water partition coefficient (Wildman–Crippen LogP) is 0.0767. The quantitative estimate of drug-likeness (QED) is 0.708. The SMILES string of the molecule is CS(=O)(=O)CC1(C(N)=O)CCCC1. The Kier molecular flexibility index (Phi) is 2.66. The monoisotopic (exact) mass is 205 g/mol. The van der Waals surface area contributed by atoms with Crippen LogP contribution in [0.15, 0.2) is 0 Å². The number of hydrogen-bond donors (Lipinski definition) is 1. The molecule has 0 unspecified atom stereocenters. The highest BCUT2D eigenvalue weighted by Crippen LogP contribution is 2.38. The Morgan fingerprint density at radius 2 is 1.85 bits per heavy atom. The molecule has 1 aliphatic rings. The predicted molar refractivity (Wildman–Crippen MR) is 49.8 cm³/mol. The molecule has 4 nitrogen and oxygen atoms in total. The van der Waals surface area contributed by atoms with Gasteiger partial charge in [0, 0.05) is 6.26 Å². The fourth-order valence-electron chi connectivity index (χ4n) is 2.02. The fourth-order valence-corrected chi connectivity index (χ4v) is 3.45. The maximum Gasteiger partial charge on any atom is 0.224 e. The molecule has 0 spiro atoms. The lowest BCUT2D eigenvalue weighted by Crippen LogP contribution is -2.40. The normalized spacial score (nSPS) is 21.6. The third kappa shape index (κ3) is 2.43. The minimum Gasteiger partial charge on any atom is -0.369 e. The van der Waals surface area contributed by atoms with Gasteiger partial charge in [0.15, 0.2) is 0 Å². The summed E-state index contributed by atoms with van der Waals surface area (Å²) < 4.78 is 22.2. The van der Waals surface area contributed by atoms with Crippen LogP contribution in [0.2, 0.25) is 0 Å². The summed E-state index contributed by atoms with van der Waals surface area (Å²) in [6.45, 7) is 0. The van der Waals surface area contributed by atoms with Gasteiger partial charge in [-0.25, -0.2) is 8.42 Å². The van der Waals surface area contributed by atoms with Crippen LogP contribution in [0.5, 0.6) is 0 Å². The molecule has 1 rings (SSSR count). The number of rotatable bonds is 3. The van der Waals surface area contributed by atoms with Gasteiger partial charge in [0.25, 0.3) is 0 Å². The molecule has 5 heteroatoms. The van der Waals surface area contributed by atoms with Crippen LogP contribution < -0.4 is 5.73 Å². The van der Waals surface area contributed by atoms with Crippen molar-refractivity contribution in [2.24, 2.45) is 11.1 Å². The summed E-state index contributed by atoms with van der Waals surface area (Å²) in [5.74, 6) is -0.551. The zero-order valence-electron chi connectivity index (χ0n) is 7.75. The van der Waals surface area contributed by atoms with Crippen LogP contribution in [0, 0.1) is 5.41 Å². The van der Waals surface area contributed by atoms with E-state index in [-0.39, 0.29) is 5.75 Å². The number of hydrogen-bond acceptors (Lipinski definition) is 3. The lowest BCUT2D eigenvalue weighted by Gasteiger charge is -2.23. The van der Waals surface area contributed by atoms with Gasteiger partial charge in [-0.3, -0.25) is 4.79 Å². The van der Waals surface area contributed by atoms with Crippen molar-refractivity contribution >= 4 is 15.7 Å². The second kappa shape index (κ2) is 3.29. The maximum atomic E-state index is 11.2. The lowest BCUT2D eigenvalue weighted by molar-refractivity contribution is -0.126. The first-order valence-electron chi connectivity index (χ1n) is 4.33. The molecule has 13 heavy (non-hydrogen) atoms. The van der Waals surface area contributed by atoms with E-state index >= 15 is 0 Å². The van der Waals surface area contributed by atoms with Crippen molar-refractivity contribution in [2.45, 2.75) is 25.7 Å². The summed E-state index contributed by atoms with van der Waals surface area (Å²) in [6, 6.07) is 0. The number of amides is 1. The van der Waals surface area contributed by atoms with Crippen molar-refractivity contribution in [2.75, 3.05) is 12.0 Å². The van der Waals surface area contributed by atoms with E-state index < -0.39 is 21.2 Å². The summed E-state index contributed by atoms with van der Waals surface area (Å²) >= 11 is 0. The minimum atomic E-state index is -3.11. The van der Waals surface area contributed by atoms with Crippen molar-refractivity contribution in [3.05, 3.63) is 0 Å². The highest BCUT2D eigenvalue weighted by atomic mass is 32.2. The molecular weight excluding hydrogens is 190 g/mol. The molecule has 1 aliphatic carbocycles. The van der Waals surface area contributed by atoms with Crippen molar-refractivity contribution in [1.29, 1.82) is 0 Å². The minimum absolute atomic E-state index is 0.0880. The summed E-state index contributed by atoms with van der Waals surface area (Å²) in [7, 11) is -3.11. The summed E-state index contributed by atoms with van der Waals surface area (Å²) in [5.41, 5.74) is 4.47. The van der Waals surface area contributed by atoms with E-state index in [2.05, 4.69) is 0 Å². The molecule has 0 aromatic heterocycles. The molecule has 76 valence electrons. The highest BCUT2D eigenvalue weighted by Gasteiger charge is 2.42. The average Bonchev–Trinajstić information content (AvgIpc) is 2.33. The number of primary amides is 1. The van der Waals surface area contributed by atoms with Crippen molar-refractivity contribution in [3.8, 4) is 0 Å². The second-order valence-electron chi connectivity index (χ2n) is 3.92. The fraction of sp³-hybridized carbons (Fsp3) is 0.875. The number of nitrogens with two attached hydrogens (primary N) is 1. The zero-order chi connectivity index (χ0) is 10.1. The highest BCUT2D eigenvalue weighted by molar-refractivity contribution is 7.90. The molecule has 1 amide bonds. The molecule has 0 bridgehead atoms. The largest absolute Gasteiger partial charge is 0.369 e. The summed E-state index contributed by atoms with van der Waals surface area (Å²) in [4.78, 5) is 11.2. The zero-order valence-corrected chi connectivity index (χ0v) is 8.56. The van der Waals surface area contributed by atoms with Crippen LogP contribution in [0.25, 0.3) is 0 Å². The van der Waals surface area contributed by atoms with Crippen LogP contribution >= 0.6 is 0 Å². The molecule has 0 aromatic rings. The van der Waals surface area contributed by atoms with Gasteiger partial charge in [-0.15, -0.1) is 0 Å². The third-order valence-corrected chi connectivity index (χ3v) is 3.70. The van der Waals surface area contributed by atoms with Gasteiger partial charge in [0.05, 0.1) is 11.2 Å². The number of sulfone groups is 1. The number of carbonyl (C=O) groups is 1. The van der Waals surface area contributed by atoms with E-state index in [1.165, 1.54) is 0 Å². The maximum absolute atomic E-state index is 11.2. The van der Waals surface area contributed by atoms with Crippen LogP contribution in [-0.2, 0) is 14.6 Å². The van der Waals surface area contributed by atoms with Gasteiger partial charge in [0.2, 0.25) is 5.91 Å². The van der Waals surface area contributed by atoms with Gasteiger partial charge in [-0.05, 0) is 12.8 Å². The van der Waals surface area contributed by atoms with E-state index in [0.29, 0.717) is 12.8 Å². The molecular formula is C8H15NO3S. The Morgan fingerprint density at radius 1 is 1.38 bits per heavy atom. The summed E-state index contributed by atoms with van der Waals surface area (Å²) in [6.07, 6.45) is 4.19. The number of carbonyl (C=O) groups excluding carboxylic acids is 1. The molecule has 1 saturated carbocycles. The van der Waals surface area contributed by atoms with Crippen LogP contribution in [0.1, 0.15) is 25.7 Å². The van der Waals surface area contributed by atoms with Crippen molar-refractivity contribution in [1.82, 2.24) is 0 Å². The van der Waals surface area contributed by atoms with Crippen LogP contribution in [0.3, 0.4) is 0 Å². The molecule has 0 aliphatic heterocycles. The standard InChI is InChI=1S/C8H15NO3S/c1-13(11,12)6-8(7(9)10)4-2-3-5-8/h2-6H2,1H3,(H2,9,10). The van der Waals surface area contributed by atoms with Crippen LogP contribution in [-0.4, -0.2) is 26.3 Å². The molecule has 1 fully saturated rings. The first-order chi connectivity index (χ1) is 5.86. The average molecular weight is 205 g/mol. The van der Waals surface area contributed by atoms with Gasteiger partial charge < -0.3 is 5.73 Å². The van der Waals surface area contributed by atoms with E-state index in [4.69, 9.17) is 5.73 Å².